The third-order valence-corrected chi connectivity index (χ3v) is 6.84. The number of amides is 1. The van der Waals surface area contributed by atoms with Crippen molar-refractivity contribution in [2.45, 2.75) is 63.3 Å². The van der Waals surface area contributed by atoms with Crippen LogP contribution in [0.5, 0.6) is 0 Å². The number of carbonyl (C=O) groups excluding carboxylic acids is 1. The van der Waals surface area contributed by atoms with E-state index in [1.807, 2.05) is 11.4 Å². The Morgan fingerprint density at radius 3 is 2.81 bits per heavy atom. The quantitative estimate of drug-likeness (QED) is 0.879. The number of aromatic nitrogens is 2. The number of hydrogen-bond acceptors (Lipinski definition) is 4. The van der Waals surface area contributed by atoms with Crippen LogP contribution in [0.25, 0.3) is 0 Å². The Kier molecular flexibility index (Phi) is 4.94. The molecular weight excluding hydrogens is 346 g/mol. The minimum Gasteiger partial charge on any atom is -0.353 e. The Labute approximate surface area is 157 Å². The molecule has 5 nitrogen and oxygen atoms in total. The van der Waals surface area contributed by atoms with E-state index in [0.717, 1.165) is 67.5 Å². The van der Waals surface area contributed by atoms with Gasteiger partial charge >= 0.3 is 0 Å². The number of carbonyl (C=O) groups is 1. The maximum absolute atomic E-state index is 13.0. The van der Waals surface area contributed by atoms with Gasteiger partial charge in [0.25, 0.3) is 5.56 Å². The second kappa shape index (κ2) is 7.35. The van der Waals surface area contributed by atoms with Crippen LogP contribution >= 0.6 is 11.3 Å². The summed E-state index contributed by atoms with van der Waals surface area (Å²) in [6.07, 6.45) is 8.19. The Bertz CT molecular complexity index is 835. The maximum Gasteiger partial charge on any atom is 0.267 e. The number of fused-ring (bicyclic) bond motifs is 1. The average Bonchev–Trinajstić information content (AvgIpc) is 3.34. The third-order valence-electron chi connectivity index (χ3n) is 5.77. The molecule has 0 bridgehead atoms. The molecule has 2 heterocycles. The van der Waals surface area contributed by atoms with Gasteiger partial charge in [0.2, 0.25) is 5.91 Å². The predicted octanol–water partition coefficient (Wildman–Crippen LogP) is 2.81. The summed E-state index contributed by atoms with van der Waals surface area (Å²) < 4.78 is 1.51. The van der Waals surface area contributed by atoms with Gasteiger partial charge in [-0.15, -0.1) is 11.3 Å². The highest BCUT2D eigenvalue weighted by atomic mass is 32.1. The van der Waals surface area contributed by atoms with E-state index in [-0.39, 0.29) is 16.9 Å². The zero-order valence-corrected chi connectivity index (χ0v) is 15.8. The molecule has 1 amide bonds. The van der Waals surface area contributed by atoms with Crippen LogP contribution in [-0.4, -0.2) is 22.2 Å². The van der Waals surface area contributed by atoms with Gasteiger partial charge in [-0.25, -0.2) is 4.68 Å². The zero-order valence-electron chi connectivity index (χ0n) is 15.0. The molecule has 2 aromatic rings. The smallest absolute Gasteiger partial charge is 0.267 e. The van der Waals surface area contributed by atoms with Gasteiger partial charge in [-0.1, -0.05) is 18.9 Å². The Morgan fingerprint density at radius 2 is 2.04 bits per heavy atom. The Morgan fingerprint density at radius 1 is 1.23 bits per heavy atom. The number of rotatable bonds is 5. The first-order valence-electron chi connectivity index (χ1n) is 9.61. The van der Waals surface area contributed by atoms with Crippen LogP contribution < -0.4 is 10.9 Å². The van der Waals surface area contributed by atoms with E-state index in [4.69, 9.17) is 0 Å². The number of nitrogens with one attached hydrogen (secondary N) is 1. The number of hydrogen-bond donors (Lipinski definition) is 1. The van der Waals surface area contributed by atoms with E-state index in [9.17, 15) is 9.59 Å². The first-order chi connectivity index (χ1) is 12.7. The van der Waals surface area contributed by atoms with Crippen LogP contribution in [0.3, 0.4) is 0 Å². The predicted molar refractivity (Wildman–Crippen MR) is 103 cm³/mol. The van der Waals surface area contributed by atoms with Crippen molar-refractivity contribution in [3.8, 4) is 0 Å². The standard InChI is InChI=1S/C20H25N3O2S/c24-18-14-15-6-1-2-7-16(15)22-23(18)12-11-21-19(25)20(9-3-4-10-20)17-8-5-13-26-17/h5,8,13-14H,1-4,6-7,9-12H2,(H,21,25). The summed E-state index contributed by atoms with van der Waals surface area (Å²) in [5, 5.41) is 9.65. The van der Waals surface area contributed by atoms with Gasteiger partial charge in [-0.05, 0) is 55.5 Å². The molecule has 0 aromatic carbocycles. The first-order valence-corrected chi connectivity index (χ1v) is 10.5. The molecule has 1 N–H and O–H groups in total. The van der Waals surface area contributed by atoms with Gasteiger partial charge in [0.1, 0.15) is 0 Å². The van der Waals surface area contributed by atoms with E-state index >= 15 is 0 Å². The Hall–Kier alpha value is -1.95. The highest BCUT2D eigenvalue weighted by Gasteiger charge is 2.43. The summed E-state index contributed by atoms with van der Waals surface area (Å²) in [5.41, 5.74) is 1.72. The summed E-state index contributed by atoms with van der Waals surface area (Å²) in [6, 6.07) is 5.82. The van der Waals surface area contributed by atoms with Gasteiger partial charge in [0.15, 0.2) is 0 Å². The van der Waals surface area contributed by atoms with E-state index in [0.29, 0.717) is 13.1 Å². The van der Waals surface area contributed by atoms with Crippen LogP contribution in [0.15, 0.2) is 28.4 Å². The van der Waals surface area contributed by atoms with E-state index in [1.165, 1.54) is 4.68 Å². The van der Waals surface area contributed by atoms with Crippen molar-refractivity contribution >= 4 is 17.2 Å². The second-order valence-electron chi connectivity index (χ2n) is 7.41. The molecule has 2 aliphatic rings. The van der Waals surface area contributed by atoms with Gasteiger partial charge < -0.3 is 5.32 Å². The fourth-order valence-corrected chi connectivity index (χ4v) is 5.30. The monoisotopic (exact) mass is 371 g/mol. The van der Waals surface area contributed by atoms with Crippen molar-refractivity contribution in [1.82, 2.24) is 15.1 Å². The fraction of sp³-hybridized carbons (Fsp3) is 0.550. The third kappa shape index (κ3) is 3.22. The molecule has 2 aliphatic carbocycles. The highest BCUT2D eigenvalue weighted by molar-refractivity contribution is 7.10. The van der Waals surface area contributed by atoms with Gasteiger partial charge in [-0.3, -0.25) is 9.59 Å². The molecule has 26 heavy (non-hydrogen) atoms. The molecule has 6 heteroatoms. The topological polar surface area (TPSA) is 64.0 Å². The van der Waals surface area contributed by atoms with Crippen LogP contribution in [0.2, 0.25) is 0 Å². The molecule has 138 valence electrons. The van der Waals surface area contributed by atoms with Crippen molar-refractivity contribution in [3.05, 3.63) is 50.1 Å². The van der Waals surface area contributed by atoms with Crippen molar-refractivity contribution in [2.75, 3.05) is 6.54 Å². The lowest BCUT2D eigenvalue weighted by molar-refractivity contribution is -0.126. The molecule has 0 radical (unpaired) electrons. The molecule has 0 atom stereocenters. The van der Waals surface area contributed by atoms with Crippen LogP contribution in [-0.2, 0) is 29.6 Å². The minimum absolute atomic E-state index is 0.0614. The van der Waals surface area contributed by atoms with Gasteiger partial charge in [0, 0.05) is 17.5 Å². The van der Waals surface area contributed by atoms with Crippen LogP contribution in [0.1, 0.15) is 54.7 Å². The normalized spacial score (nSPS) is 18.5. The highest BCUT2D eigenvalue weighted by Crippen LogP contribution is 2.43. The van der Waals surface area contributed by atoms with Crippen molar-refractivity contribution < 1.29 is 4.79 Å². The molecule has 0 spiro atoms. The van der Waals surface area contributed by atoms with Crippen molar-refractivity contribution in [1.29, 1.82) is 0 Å². The molecule has 0 saturated heterocycles. The first kappa shape index (κ1) is 17.5. The van der Waals surface area contributed by atoms with Gasteiger partial charge in [-0.2, -0.15) is 5.10 Å². The lowest BCUT2D eigenvalue weighted by atomic mass is 9.83. The lowest BCUT2D eigenvalue weighted by Crippen LogP contribution is -2.44. The molecule has 0 aliphatic heterocycles. The SMILES string of the molecule is O=C(NCCn1nc2c(cc1=O)CCCC2)C1(c2cccs2)CCCC1. The summed E-state index contributed by atoms with van der Waals surface area (Å²) in [6.45, 7) is 0.871. The molecule has 0 unspecified atom stereocenters. The van der Waals surface area contributed by atoms with E-state index in [2.05, 4.69) is 16.5 Å². The van der Waals surface area contributed by atoms with Crippen LogP contribution in [0, 0.1) is 0 Å². The average molecular weight is 372 g/mol. The van der Waals surface area contributed by atoms with Gasteiger partial charge in [0.05, 0.1) is 17.7 Å². The second-order valence-corrected chi connectivity index (χ2v) is 8.35. The number of aryl methyl sites for hydroxylation is 2. The van der Waals surface area contributed by atoms with Crippen molar-refractivity contribution in [2.24, 2.45) is 0 Å². The zero-order chi connectivity index (χ0) is 18.0. The summed E-state index contributed by atoms with van der Waals surface area (Å²) in [5.74, 6) is 0.100. The summed E-state index contributed by atoms with van der Waals surface area (Å²) in [4.78, 5) is 26.4. The summed E-state index contributed by atoms with van der Waals surface area (Å²) in [7, 11) is 0. The van der Waals surface area contributed by atoms with E-state index in [1.54, 1.807) is 17.4 Å². The molecular formula is C20H25N3O2S. The molecule has 1 fully saturated rings. The van der Waals surface area contributed by atoms with Crippen LogP contribution in [0.4, 0.5) is 0 Å². The van der Waals surface area contributed by atoms with E-state index < -0.39 is 0 Å². The number of nitrogens with zero attached hydrogens (tertiary/aromatic N) is 2. The minimum atomic E-state index is -0.373. The molecule has 1 saturated carbocycles. The number of thiophene rings is 1. The Balaban J connectivity index is 1.43. The van der Waals surface area contributed by atoms with Crippen molar-refractivity contribution in [3.63, 3.8) is 0 Å². The fourth-order valence-electron chi connectivity index (χ4n) is 4.32. The lowest BCUT2D eigenvalue weighted by Gasteiger charge is -2.26. The maximum atomic E-state index is 13.0. The molecule has 2 aromatic heterocycles. The summed E-state index contributed by atoms with van der Waals surface area (Å²) >= 11 is 1.67. The largest absolute Gasteiger partial charge is 0.353 e. The molecule has 4 rings (SSSR count).